The van der Waals surface area contributed by atoms with Crippen LogP contribution in [-0.2, 0) is 0 Å². The van der Waals surface area contributed by atoms with E-state index in [-0.39, 0.29) is 17.6 Å². The van der Waals surface area contributed by atoms with E-state index in [1.54, 1.807) is 0 Å². The Labute approximate surface area is 112 Å². The van der Waals surface area contributed by atoms with Crippen molar-refractivity contribution in [2.75, 3.05) is 18.5 Å². The van der Waals surface area contributed by atoms with Crippen molar-refractivity contribution in [1.82, 2.24) is 0 Å². The number of carboxylic acids is 1. The molecular weight excluding hydrogens is 249 g/mol. The summed E-state index contributed by atoms with van der Waals surface area (Å²) < 4.78 is 13.2. The van der Waals surface area contributed by atoms with Crippen LogP contribution in [-0.4, -0.2) is 29.3 Å². The molecule has 0 atom stereocenters. The number of aromatic carboxylic acids is 1. The Hall–Kier alpha value is -1.62. The van der Waals surface area contributed by atoms with E-state index in [2.05, 4.69) is 5.32 Å². The van der Waals surface area contributed by atoms with Crippen LogP contribution in [0.2, 0.25) is 0 Å². The van der Waals surface area contributed by atoms with Gasteiger partial charge in [-0.3, -0.25) is 0 Å². The van der Waals surface area contributed by atoms with Gasteiger partial charge in [-0.25, -0.2) is 9.18 Å². The Kier molecular flexibility index (Phi) is 5.30. The summed E-state index contributed by atoms with van der Waals surface area (Å²) in [7, 11) is 0. The quantitative estimate of drug-likeness (QED) is 0.712. The zero-order chi connectivity index (χ0) is 14.5. The van der Waals surface area contributed by atoms with Crippen LogP contribution in [0.4, 0.5) is 10.1 Å². The molecule has 4 nitrogen and oxygen atoms in total. The van der Waals surface area contributed by atoms with E-state index in [0.29, 0.717) is 12.2 Å². The average Bonchev–Trinajstić information content (AvgIpc) is 2.42. The summed E-state index contributed by atoms with van der Waals surface area (Å²) >= 11 is 0. The van der Waals surface area contributed by atoms with Gasteiger partial charge in [0.05, 0.1) is 12.2 Å². The van der Waals surface area contributed by atoms with E-state index in [1.165, 1.54) is 12.1 Å². The molecule has 0 heterocycles. The van der Waals surface area contributed by atoms with E-state index in [1.807, 2.05) is 13.8 Å². The predicted octanol–water partition coefficient (Wildman–Crippen LogP) is 2.73. The molecule has 1 aromatic rings. The molecule has 0 radical (unpaired) electrons. The van der Waals surface area contributed by atoms with Gasteiger partial charge < -0.3 is 15.5 Å². The molecule has 0 saturated heterocycles. The third kappa shape index (κ3) is 3.67. The maximum absolute atomic E-state index is 13.2. The summed E-state index contributed by atoms with van der Waals surface area (Å²) in [6.07, 6.45) is 1.61. The lowest BCUT2D eigenvalue weighted by Gasteiger charge is -2.30. The molecule has 1 aromatic carbocycles. The molecular formula is C14H20FNO3. The van der Waals surface area contributed by atoms with Crippen molar-refractivity contribution in [3.8, 4) is 0 Å². The molecule has 1 rings (SSSR count). The number of benzene rings is 1. The molecule has 0 spiro atoms. The fourth-order valence-electron chi connectivity index (χ4n) is 1.87. The van der Waals surface area contributed by atoms with Crippen LogP contribution in [0.15, 0.2) is 18.2 Å². The molecule has 0 bridgehead atoms. The summed E-state index contributed by atoms with van der Waals surface area (Å²) in [4.78, 5) is 10.8. The second kappa shape index (κ2) is 6.52. The number of aliphatic hydroxyl groups excluding tert-OH is 1. The van der Waals surface area contributed by atoms with E-state index in [4.69, 9.17) is 5.11 Å². The van der Waals surface area contributed by atoms with Gasteiger partial charge in [0.2, 0.25) is 0 Å². The van der Waals surface area contributed by atoms with Crippen molar-refractivity contribution >= 4 is 11.7 Å². The van der Waals surface area contributed by atoms with Crippen LogP contribution in [0.1, 0.15) is 37.0 Å². The highest BCUT2D eigenvalue weighted by atomic mass is 19.1. The van der Waals surface area contributed by atoms with Gasteiger partial charge in [0.1, 0.15) is 5.82 Å². The Morgan fingerprint density at radius 1 is 1.37 bits per heavy atom. The lowest BCUT2D eigenvalue weighted by Crippen LogP contribution is -2.32. The lowest BCUT2D eigenvalue weighted by atomic mass is 9.83. The van der Waals surface area contributed by atoms with Crippen molar-refractivity contribution in [3.63, 3.8) is 0 Å². The highest BCUT2D eigenvalue weighted by Crippen LogP contribution is 2.26. The number of halogens is 1. The minimum Gasteiger partial charge on any atom is -0.478 e. The summed E-state index contributed by atoms with van der Waals surface area (Å²) in [5.41, 5.74) is -0.0521. The van der Waals surface area contributed by atoms with Crippen LogP contribution in [0.3, 0.4) is 0 Å². The molecule has 3 N–H and O–H groups in total. The third-order valence-corrected chi connectivity index (χ3v) is 3.70. The normalized spacial score (nSPS) is 11.4. The maximum atomic E-state index is 13.2. The fourth-order valence-corrected chi connectivity index (χ4v) is 1.87. The summed E-state index contributed by atoms with van der Waals surface area (Å²) in [6.45, 7) is 4.56. The fraction of sp³-hybridized carbons (Fsp3) is 0.500. The average molecular weight is 269 g/mol. The standard InChI is InChI=1S/C14H20FNO3/c1-3-14(4-2,9-17)8-16-10-5-6-12(15)11(7-10)13(18)19/h5-7,16-17H,3-4,8-9H2,1-2H3,(H,18,19). The first kappa shape index (κ1) is 15.4. The van der Waals surface area contributed by atoms with Crippen molar-refractivity contribution in [2.45, 2.75) is 26.7 Å². The van der Waals surface area contributed by atoms with Gasteiger partial charge in [-0.15, -0.1) is 0 Å². The van der Waals surface area contributed by atoms with Gasteiger partial charge in [-0.2, -0.15) is 0 Å². The largest absolute Gasteiger partial charge is 0.478 e. The zero-order valence-corrected chi connectivity index (χ0v) is 11.2. The first-order valence-corrected chi connectivity index (χ1v) is 6.35. The molecule has 0 aromatic heterocycles. The number of hydrogen-bond acceptors (Lipinski definition) is 3. The molecule has 0 aliphatic heterocycles. The topological polar surface area (TPSA) is 69.6 Å². The smallest absolute Gasteiger partial charge is 0.338 e. The van der Waals surface area contributed by atoms with E-state index in [9.17, 15) is 14.3 Å². The van der Waals surface area contributed by atoms with Gasteiger partial charge in [-0.1, -0.05) is 13.8 Å². The lowest BCUT2D eigenvalue weighted by molar-refractivity contribution is 0.0692. The second-order valence-electron chi connectivity index (χ2n) is 4.72. The Morgan fingerprint density at radius 3 is 2.47 bits per heavy atom. The molecule has 0 fully saturated rings. The molecule has 0 amide bonds. The number of carboxylic acid groups (broad SMARTS) is 1. The van der Waals surface area contributed by atoms with Crippen LogP contribution in [0, 0.1) is 11.2 Å². The Balaban J connectivity index is 2.83. The minimum atomic E-state index is -1.29. The zero-order valence-electron chi connectivity index (χ0n) is 11.2. The van der Waals surface area contributed by atoms with E-state index in [0.717, 1.165) is 18.9 Å². The van der Waals surface area contributed by atoms with Gasteiger partial charge in [0.25, 0.3) is 0 Å². The summed E-state index contributed by atoms with van der Waals surface area (Å²) in [5.74, 6) is -2.04. The monoisotopic (exact) mass is 269 g/mol. The van der Waals surface area contributed by atoms with Gasteiger partial charge in [0.15, 0.2) is 0 Å². The van der Waals surface area contributed by atoms with Gasteiger partial charge in [-0.05, 0) is 31.0 Å². The highest BCUT2D eigenvalue weighted by Gasteiger charge is 2.25. The Bertz CT molecular complexity index is 436. The molecule has 5 heteroatoms. The number of nitrogens with one attached hydrogen (secondary N) is 1. The van der Waals surface area contributed by atoms with Gasteiger partial charge in [0, 0.05) is 17.6 Å². The van der Waals surface area contributed by atoms with E-state index < -0.39 is 11.8 Å². The molecule has 0 aliphatic carbocycles. The first-order chi connectivity index (χ1) is 8.98. The van der Waals surface area contributed by atoms with Gasteiger partial charge >= 0.3 is 5.97 Å². The summed E-state index contributed by atoms with van der Waals surface area (Å²) in [6, 6.07) is 3.89. The van der Waals surface area contributed by atoms with Crippen LogP contribution in [0.5, 0.6) is 0 Å². The molecule has 0 unspecified atom stereocenters. The number of hydrogen-bond donors (Lipinski definition) is 3. The number of carbonyl (C=O) groups is 1. The van der Waals surface area contributed by atoms with Crippen molar-refractivity contribution in [2.24, 2.45) is 5.41 Å². The number of rotatable bonds is 7. The molecule has 19 heavy (non-hydrogen) atoms. The molecule has 106 valence electrons. The second-order valence-corrected chi connectivity index (χ2v) is 4.72. The molecule has 0 aliphatic rings. The van der Waals surface area contributed by atoms with E-state index >= 15 is 0 Å². The SMILES string of the molecule is CCC(CC)(CO)CNc1ccc(F)c(C(=O)O)c1. The number of aliphatic hydroxyl groups is 1. The van der Waals surface area contributed by atoms with Crippen molar-refractivity contribution < 1.29 is 19.4 Å². The van der Waals surface area contributed by atoms with Crippen molar-refractivity contribution in [3.05, 3.63) is 29.6 Å². The summed E-state index contributed by atoms with van der Waals surface area (Å²) in [5, 5.41) is 21.4. The van der Waals surface area contributed by atoms with Crippen LogP contribution >= 0.6 is 0 Å². The minimum absolute atomic E-state index is 0.0555. The van der Waals surface area contributed by atoms with Crippen LogP contribution < -0.4 is 5.32 Å². The number of anilines is 1. The third-order valence-electron chi connectivity index (χ3n) is 3.70. The predicted molar refractivity (Wildman–Crippen MR) is 71.9 cm³/mol. The first-order valence-electron chi connectivity index (χ1n) is 6.35. The van der Waals surface area contributed by atoms with Crippen LogP contribution in [0.25, 0.3) is 0 Å². The van der Waals surface area contributed by atoms with Crippen molar-refractivity contribution in [1.29, 1.82) is 0 Å². The maximum Gasteiger partial charge on any atom is 0.338 e. The highest BCUT2D eigenvalue weighted by molar-refractivity contribution is 5.89. The molecule has 0 saturated carbocycles. The Morgan fingerprint density at radius 2 is 2.00 bits per heavy atom.